The molecule has 1 aliphatic rings. The fraction of sp³-hybridized carbons (Fsp3) is 0.294. The van der Waals surface area contributed by atoms with Crippen molar-refractivity contribution >= 4 is 11.8 Å². The fourth-order valence-corrected chi connectivity index (χ4v) is 2.59. The lowest BCUT2D eigenvalue weighted by atomic mass is 10.1. The number of halogens is 3. The van der Waals surface area contributed by atoms with E-state index < -0.39 is 12.3 Å². The molecule has 6 nitrogen and oxygen atoms in total. The second kappa shape index (κ2) is 6.74. The number of nitrogens with zero attached hydrogens (tertiary/aromatic N) is 2. The van der Waals surface area contributed by atoms with Crippen molar-refractivity contribution in [1.29, 1.82) is 0 Å². The zero-order valence-electron chi connectivity index (χ0n) is 13.7. The summed E-state index contributed by atoms with van der Waals surface area (Å²) in [6.07, 6.45) is -3.48. The Morgan fingerprint density at radius 2 is 1.96 bits per heavy atom. The summed E-state index contributed by atoms with van der Waals surface area (Å²) in [4.78, 5) is 17.2. The highest BCUT2D eigenvalue weighted by Crippen LogP contribution is 2.29. The fourth-order valence-electron chi connectivity index (χ4n) is 2.59. The maximum absolute atomic E-state index is 12.3. The zero-order valence-corrected chi connectivity index (χ0v) is 13.7. The quantitative estimate of drug-likeness (QED) is 0.874. The molecule has 138 valence electrons. The number of carboxylic acids is 1. The third kappa shape index (κ3) is 4.16. The highest BCUT2D eigenvalue weighted by Gasteiger charge is 2.33. The average Bonchev–Trinajstić information content (AvgIpc) is 2.49. The predicted octanol–water partition coefficient (Wildman–Crippen LogP) is 3.25. The molecule has 2 heterocycles. The monoisotopic (exact) mass is 368 g/mol. The Bertz CT molecular complexity index is 820. The topological polar surface area (TPSA) is 71.9 Å². The van der Waals surface area contributed by atoms with Crippen molar-refractivity contribution in [3.63, 3.8) is 0 Å². The number of hydrogen-bond donors (Lipinski definition) is 1. The first kappa shape index (κ1) is 17.8. The summed E-state index contributed by atoms with van der Waals surface area (Å²) in [5.41, 5.74) is 0.838. The van der Waals surface area contributed by atoms with Crippen LogP contribution in [0.15, 0.2) is 36.5 Å². The maximum Gasteiger partial charge on any atom is 0.573 e. The summed E-state index contributed by atoms with van der Waals surface area (Å²) in [6, 6.07) is 6.80. The van der Waals surface area contributed by atoms with Gasteiger partial charge in [-0.1, -0.05) is 6.07 Å². The van der Waals surface area contributed by atoms with Gasteiger partial charge in [0.1, 0.15) is 29.0 Å². The molecule has 1 fully saturated rings. The van der Waals surface area contributed by atoms with Crippen LogP contribution < -0.4 is 14.4 Å². The Hall–Kier alpha value is -2.97. The van der Waals surface area contributed by atoms with Gasteiger partial charge < -0.3 is 19.5 Å². The average molecular weight is 368 g/mol. The van der Waals surface area contributed by atoms with Crippen molar-refractivity contribution in [1.82, 2.24) is 4.98 Å². The van der Waals surface area contributed by atoms with Gasteiger partial charge in [-0.05, 0) is 30.7 Å². The molecule has 1 aromatic carbocycles. The Kier molecular flexibility index (Phi) is 4.62. The molecule has 2 aromatic rings. The van der Waals surface area contributed by atoms with Crippen LogP contribution in [0, 0.1) is 6.92 Å². The van der Waals surface area contributed by atoms with E-state index in [1.807, 2.05) is 0 Å². The highest BCUT2D eigenvalue weighted by atomic mass is 19.4. The summed E-state index contributed by atoms with van der Waals surface area (Å²) in [6.45, 7) is 2.50. The molecule has 26 heavy (non-hydrogen) atoms. The normalized spacial score (nSPS) is 14.7. The first-order valence-electron chi connectivity index (χ1n) is 7.68. The number of alkyl halides is 3. The number of aromatic nitrogens is 1. The largest absolute Gasteiger partial charge is 0.573 e. The number of ether oxygens (including phenoxy) is 2. The number of carboxylic acid groups (broad SMARTS) is 1. The molecule has 9 heteroatoms. The van der Waals surface area contributed by atoms with Crippen molar-refractivity contribution in [3.8, 4) is 11.5 Å². The van der Waals surface area contributed by atoms with Crippen LogP contribution in [0.1, 0.15) is 15.9 Å². The molecule has 0 unspecified atom stereocenters. The summed E-state index contributed by atoms with van der Waals surface area (Å²) in [7, 11) is 0. The minimum Gasteiger partial charge on any atom is -0.487 e. The van der Waals surface area contributed by atoms with Crippen LogP contribution in [0.5, 0.6) is 11.5 Å². The molecule has 0 bridgehead atoms. The number of aryl methyl sites for hydroxylation is 1. The maximum atomic E-state index is 12.3. The number of carbonyl (C=O) groups is 1. The Balaban J connectivity index is 1.63. The first-order chi connectivity index (χ1) is 12.2. The molecule has 0 aliphatic carbocycles. The van der Waals surface area contributed by atoms with Crippen LogP contribution in [0.25, 0.3) is 0 Å². The van der Waals surface area contributed by atoms with Crippen LogP contribution in [0.2, 0.25) is 0 Å². The van der Waals surface area contributed by atoms with Crippen molar-refractivity contribution in [2.75, 3.05) is 18.0 Å². The number of benzene rings is 1. The number of pyridine rings is 1. The minimum absolute atomic E-state index is 0.101. The first-order valence-corrected chi connectivity index (χ1v) is 7.68. The Morgan fingerprint density at radius 1 is 1.27 bits per heavy atom. The molecule has 1 aliphatic heterocycles. The highest BCUT2D eigenvalue weighted by molar-refractivity contribution is 5.93. The van der Waals surface area contributed by atoms with Crippen LogP contribution >= 0.6 is 0 Å². The number of aromatic carboxylic acids is 1. The van der Waals surface area contributed by atoms with Crippen LogP contribution in [0.4, 0.5) is 19.0 Å². The van der Waals surface area contributed by atoms with Gasteiger partial charge in [-0.2, -0.15) is 0 Å². The molecule has 3 rings (SSSR count). The van der Waals surface area contributed by atoms with Gasteiger partial charge in [0, 0.05) is 12.3 Å². The van der Waals surface area contributed by atoms with Gasteiger partial charge in [0.15, 0.2) is 0 Å². The Morgan fingerprint density at radius 3 is 2.62 bits per heavy atom. The van der Waals surface area contributed by atoms with Gasteiger partial charge in [0.2, 0.25) is 0 Å². The predicted molar refractivity (Wildman–Crippen MR) is 85.7 cm³/mol. The van der Waals surface area contributed by atoms with Crippen LogP contribution in [-0.2, 0) is 0 Å². The van der Waals surface area contributed by atoms with E-state index in [9.17, 15) is 23.1 Å². The van der Waals surface area contributed by atoms with E-state index in [4.69, 9.17) is 4.74 Å². The number of rotatable bonds is 5. The van der Waals surface area contributed by atoms with E-state index in [0.717, 1.165) is 11.6 Å². The lowest BCUT2D eigenvalue weighted by Crippen LogP contribution is -2.54. The van der Waals surface area contributed by atoms with E-state index >= 15 is 0 Å². The van der Waals surface area contributed by atoms with E-state index in [1.165, 1.54) is 24.3 Å². The van der Waals surface area contributed by atoms with Gasteiger partial charge in [0.05, 0.1) is 13.1 Å². The van der Waals surface area contributed by atoms with Crippen molar-refractivity contribution < 1.29 is 32.5 Å². The second-order valence-electron chi connectivity index (χ2n) is 5.86. The summed E-state index contributed by atoms with van der Waals surface area (Å²) < 4.78 is 46.2. The van der Waals surface area contributed by atoms with Gasteiger partial charge in [-0.3, -0.25) is 0 Å². The van der Waals surface area contributed by atoms with E-state index in [1.54, 1.807) is 18.0 Å². The van der Waals surface area contributed by atoms with Gasteiger partial charge in [-0.15, -0.1) is 13.2 Å². The van der Waals surface area contributed by atoms with E-state index in [-0.39, 0.29) is 23.2 Å². The number of anilines is 1. The summed E-state index contributed by atoms with van der Waals surface area (Å²) in [5.74, 6) is -0.846. The smallest absolute Gasteiger partial charge is 0.487 e. The molecule has 0 amide bonds. The van der Waals surface area contributed by atoms with Crippen molar-refractivity contribution in [3.05, 3.63) is 47.7 Å². The third-order valence-electron chi connectivity index (χ3n) is 3.72. The molecule has 1 N–H and O–H groups in total. The van der Waals surface area contributed by atoms with E-state index in [0.29, 0.717) is 18.9 Å². The van der Waals surface area contributed by atoms with Gasteiger partial charge in [-0.25, -0.2) is 9.78 Å². The van der Waals surface area contributed by atoms with Gasteiger partial charge >= 0.3 is 12.3 Å². The second-order valence-corrected chi connectivity index (χ2v) is 5.86. The lowest BCUT2D eigenvalue weighted by Gasteiger charge is -2.40. The molecule has 1 aromatic heterocycles. The molecule has 0 radical (unpaired) electrons. The van der Waals surface area contributed by atoms with Crippen LogP contribution in [0.3, 0.4) is 0 Å². The molecular formula is C17H15F3N2O4. The minimum atomic E-state index is -4.77. The van der Waals surface area contributed by atoms with Crippen molar-refractivity contribution in [2.45, 2.75) is 19.4 Å². The summed E-state index contributed by atoms with van der Waals surface area (Å²) in [5, 5.41) is 9.28. The lowest BCUT2D eigenvalue weighted by molar-refractivity contribution is -0.274. The van der Waals surface area contributed by atoms with Crippen LogP contribution in [-0.4, -0.2) is 41.6 Å². The van der Waals surface area contributed by atoms with Crippen molar-refractivity contribution in [2.24, 2.45) is 0 Å². The Labute approximate surface area is 146 Å². The van der Waals surface area contributed by atoms with Gasteiger partial charge in [0.25, 0.3) is 0 Å². The standard InChI is InChI=1S/C17H15F3N2O4/c1-10-5-14(16(23)24)15(21-7-10)22-8-13(9-22)25-11-3-2-4-12(6-11)26-17(18,19)20/h2-7,13H,8-9H2,1H3,(H,23,24). The SMILES string of the molecule is Cc1cnc(N2CC(Oc3cccc(OC(F)(F)F)c3)C2)c(C(=O)O)c1. The third-order valence-corrected chi connectivity index (χ3v) is 3.72. The molecular weight excluding hydrogens is 353 g/mol. The molecule has 0 atom stereocenters. The summed E-state index contributed by atoms with van der Waals surface area (Å²) >= 11 is 0. The number of hydrogen-bond acceptors (Lipinski definition) is 5. The molecule has 1 saturated heterocycles. The molecule has 0 saturated carbocycles. The zero-order chi connectivity index (χ0) is 18.9. The molecule has 0 spiro atoms. The van der Waals surface area contributed by atoms with E-state index in [2.05, 4.69) is 9.72 Å².